The second kappa shape index (κ2) is 8.22. The minimum atomic E-state index is -0.154. The zero-order valence-electron chi connectivity index (χ0n) is 15.7. The first-order valence-electron chi connectivity index (χ1n) is 9.18. The summed E-state index contributed by atoms with van der Waals surface area (Å²) in [5, 5.41) is 8.24. The zero-order valence-corrected chi connectivity index (χ0v) is 15.7. The number of benzene rings is 1. The summed E-state index contributed by atoms with van der Waals surface area (Å²) in [6.45, 7) is 3.93. The van der Waals surface area contributed by atoms with Gasteiger partial charge in [0.25, 0.3) is 5.91 Å². The average Bonchev–Trinajstić information content (AvgIpc) is 3.17. The molecule has 1 amide bonds. The molecule has 1 aliphatic rings. The summed E-state index contributed by atoms with van der Waals surface area (Å²) in [7, 11) is 1.58. The number of carbonyl (C=O) groups is 1. The van der Waals surface area contributed by atoms with E-state index in [1.54, 1.807) is 48.6 Å². The first-order chi connectivity index (χ1) is 13.8. The fraction of sp³-hybridized carbons (Fsp3) is 0.368. The summed E-state index contributed by atoms with van der Waals surface area (Å²) in [6, 6.07) is 7.06. The van der Waals surface area contributed by atoms with Crippen molar-refractivity contribution < 1.29 is 14.3 Å². The van der Waals surface area contributed by atoms with Crippen LogP contribution in [0.2, 0.25) is 0 Å². The van der Waals surface area contributed by atoms with Crippen LogP contribution in [-0.2, 0) is 11.3 Å². The van der Waals surface area contributed by atoms with Crippen LogP contribution in [0.25, 0.3) is 11.0 Å². The number of anilines is 1. The van der Waals surface area contributed by atoms with Gasteiger partial charge in [0.05, 0.1) is 38.5 Å². The molecule has 9 nitrogen and oxygen atoms in total. The molecule has 1 N–H and O–H groups in total. The molecule has 1 aliphatic heterocycles. The number of carbonyl (C=O) groups excluding carboxylic acids is 1. The van der Waals surface area contributed by atoms with E-state index in [0.717, 1.165) is 29.9 Å². The predicted octanol–water partition coefficient (Wildman–Crippen LogP) is 1.10. The number of aromatic nitrogens is 4. The number of amides is 1. The van der Waals surface area contributed by atoms with Gasteiger partial charge in [-0.15, -0.1) is 0 Å². The highest BCUT2D eigenvalue weighted by Gasteiger charge is 2.18. The van der Waals surface area contributed by atoms with Crippen LogP contribution in [0, 0.1) is 0 Å². The quantitative estimate of drug-likeness (QED) is 0.682. The number of hydrogen-bond donors (Lipinski definition) is 1. The van der Waals surface area contributed by atoms with Crippen molar-refractivity contribution in [3.8, 4) is 5.75 Å². The lowest BCUT2D eigenvalue weighted by molar-refractivity contribution is 0.0951. The van der Waals surface area contributed by atoms with Crippen molar-refractivity contribution >= 4 is 22.8 Å². The van der Waals surface area contributed by atoms with Gasteiger partial charge in [0.15, 0.2) is 5.65 Å². The van der Waals surface area contributed by atoms with E-state index in [2.05, 4.69) is 25.3 Å². The zero-order chi connectivity index (χ0) is 19.3. The van der Waals surface area contributed by atoms with Crippen LogP contribution in [0.1, 0.15) is 10.4 Å². The number of methoxy groups -OCH3 is 1. The second-order valence-corrected chi connectivity index (χ2v) is 6.39. The van der Waals surface area contributed by atoms with Crippen molar-refractivity contribution in [2.75, 3.05) is 44.9 Å². The van der Waals surface area contributed by atoms with E-state index in [0.29, 0.717) is 37.6 Å². The van der Waals surface area contributed by atoms with Gasteiger partial charge in [-0.05, 0) is 18.2 Å². The van der Waals surface area contributed by atoms with Crippen LogP contribution < -0.4 is 15.0 Å². The number of nitrogens with one attached hydrogen (secondary N) is 1. The van der Waals surface area contributed by atoms with Crippen LogP contribution in [0.3, 0.4) is 0 Å². The highest BCUT2D eigenvalue weighted by molar-refractivity contribution is 5.94. The Morgan fingerprint density at radius 3 is 2.96 bits per heavy atom. The van der Waals surface area contributed by atoms with Gasteiger partial charge in [0, 0.05) is 25.2 Å². The SMILES string of the molecule is COc1cccc(C(=O)NCCn2ncc3c(N4CCOCC4)ncnc32)c1. The minimum Gasteiger partial charge on any atom is -0.497 e. The summed E-state index contributed by atoms with van der Waals surface area (Å²) >= 11 is 0. The number of fused-ring (bicyclic) bond motifs is 1. The molecular weight excluding hydrogens is 360 g/mol. The fourth-order valence-electron chi connectivity index (χ4n) is 3.21. The number of rotatable bonds is 6. The van der Waals surface area contributed by atoms with Crippen molar-refractivity contribution in [2.24, 2.45) is 0 Å². The van der Waals surface area contributed by atoms with Gasteiger partial charge >= 0.3 is 0 Å². The molecule has 28 heavy (non-hydrogen) atoms. The van der Waals surface area contributed by atoms with Gasteiger partial charge < -0.3 is 19.7 Å². The molecule has 2 aromatic heterocycles. The van der Waals surface area contributed by atoms with Gasteiger partial charge in [0.1, 0.15) is 17.9 Å². The number of hydrogen-bond acceptors (Lipinski definition) is 7. The summed E-state index contributed by atoms with van der Waals surface area (Å²) in [6.07, 6.45) is 3.34. The standard InChI is InChI=1S/C19H22N6O3/c1-27-15-4-2-3-14(11-15)19(26)20-5-6-25-18-16(12-23-25)17(21-13-22-18)24-7-9-28-10-8-24/h2-4,11-13H,5-10H2,1H3,(H,20,26). The molecule has 9 heteroatoms. The molecule has 4 rings (SSSR count). The van der Waals surface area contributed by atoms with Crippen LogP contribution >= 0.6 is 0 Å². The predicted molar refractivity (Wildman–Crippen MR) is 104 cm³/mol. The maximum absolute atomic E-state index is 12.3. The molecule has 3 heterocycles. The van der Waals surface area contributed by atoms with Crippen molar-refractivity contribution in [2.45, 2.75) is 6.54 Å². The van der Waals surface area contributed by atoms with Crippen molar-refractivity contribution in [1.29, 1.82) is 0 Å². The lowest BCUT2D eigenvalue weighted by atomic mass is 10.2. The van der Waals surface area contributed by atoms with E-state index in [9.17, 15) is 4.79 Å². The highest BCUT2D eigenvalue weighted by Crippen LogP contribution is 2.23. The van der Waals surface area contributed by atoms with Gasteiger partial charge in [-0.3, -0.25) is 4.79 Å². The lowest BCUT2D eigenvalue weighted by Crippen LogP contribution is -2.36. The minimum absolute atomic E-state index is 0.154. The smallest absolute Gasteiger partial charge is 0.251 e. The third kappa shape index (κ3) is 3.74. The van der Waals surface area contributed by atoms with Gasteiger partial charge in [-0.2, -0.15) is 5.10 Å². The number of morpholine rings is 1. The Morgan fingerprint density at radius 2 is 2.14 bits per heavy atom. The largest absolute Gasteiger partial charge is 0.497 e. The van der Waals surface area contributed by atoms with Crippen molar-refractivity contribution in [3.63, 3.8) is 0 Å². The second-order valence-electron chi connectivity index (χ2n) is 6.39. The van der Waals surface area contributed by atoms with Gasteiger partial charge in [-0.1, -0.05) is 6.07 Å². The van der Waals surface area contributed by atoms with Gasteiger partial charge in [0.2, 0.25) is 0 Å². The van der Waals surface area contributed by atoms with E-state index < -0.39 is 0 Å². The normalized spacial score (nSPS) is 14.2. The van der Waals surface area contributed by atoms with E-state index in [4.69, 9.17) is 9.47 Å². The van der Waals surface area contributed by atoms with Crippen LogP contribution in [0.4, 0.5) is 5.82 Å². The highest BCUT2D eigenvalue weighted by atomic mass is 16.5. The molecular formula is C19H22N6O3. The van der Waals surface area contributed by atoms with Crippen LogP contribution in [-0.4, -0.2) is 65.6 Å². The molecule has 0 aliphatic carbocycles. The first-order valence-corrected chi connectivity index (χ1v) is 9.18. The Bertz CT molecular complexity index is 967. The van der Waals surface area contributed by atoms with Crippen molar-refractivity contribution in [3.05, 3.63) is 42.4 Å². The Balaban J connectivity index is 1.43. The van der Waals surface area contributed by atoms with Crippen LogP contribution in [0.15, 0.2) is 36.8 Å². The molecule has 146 valence electrons. The Kier molecular flexibility index (Phi) is 5.34. The summed E-state index contributed by atoms with van der Waals surface area (Å²) in [5.74, 6) is 1.37. The molecule has 0 saturated carbocycles. The topological polar surface area (TPSA) is 94.4 Å². The summed E-state index contributed by atoms with van der Waals surface area (Å²) in [5.41, 5.74) is 1.31. The summed E-state index contributed by atoms with van der Waals surface area (Å²) in [4.78, 5) is 23.3. The van der Waals surface area contributed by atoms with Crippen LogP contribution in [0.5, 0.6) is 5.75 Å². The third-order valence-corrected chi connectivity index (χ3v) is 4.66. The Morgan fingerprint density at radius 1 is 1.29 bits per heavy atom. The van der Waals surface area contributed by atoms with E-state index in [1.165, 1.54) is 0 Å². The number of nitrogens with zero attached hydrogens (tertiary/aromatic N) is 5. The van der Waals surface area contributed by atoms with Gasteiger partial charge in [-0.25, -0.2) is 14.6 Å². The molecule has 0 unspecified atom stereocenters. The van der Waals surface area contributed by atoms with E-state index in [1.807, 2.05) is 0 Å². The van der Waals surface area contributed by atoms with Crippen molar-refractivity contribution in [1.82, 2.24) is 25.1 Å². The average molecular weight is 382 g/mol. The fourth-order valence-corrected chi connectivity index (χ4v) is 3.21. The Hall–Kier alpha value is -3.20. The molecule has 1 aromatic carbocycles. The third-order valence-electron chi connectivity index (χ3n) is 4.66. The maximum atomic E-state index is 12.3. The Labute approximate surface area is 162 Å². The molecule has 0 radical (unpaired) electrons. The van der Waals surface area contributed by atoms with E-state index >= 15 is 0 Å². The molecule has 1 saturated heterocycles. The molecule has 1 fully saturated rings. The molecule has 0 bridgehead atoms. The summed E-state index contributed by atoms with van der Waals surface area (Å²) < 4.78 is 12.4. The molecule has 0 atom stereocenters. The van der Waals surface area contributed by atoms with E-state index in [-0.39, 0.29) is 5.91 Å². The lowest BCUT2D eigenvalue weighted by Gasteiger charge is -2.27. The maximum Gasteiger partial charge on any atom is 0.251 e. The monoisotopic (exact) mass is 382 g/mol. The molecule has 3 aromatic rings. The molecule has 0 spiro atoms. The first kappa shape index (κ1) is 18.2. The number of ether oxygens (including phenoxy) is 2.